The quantitative estimate of drug-likeness (QED) is 0.398. The van der Waals surface area contributed by atoms with Crippen LogP contribution in [0.5, 0.6) is 5.75 Å². The van der Waals surface area contributed by atoms with Crippen LogP contribution in [0.25, 0.3) is 11.3 Å². The van der Waals surface area contributed by atoms with E-state index in [-0.39, 0.29) is 5.69 Å². The van der Waals surface area contributed by atoms with Gasteiger partial charge in [-0.25, -0.2) is 4.79 Å². The number of hydrogen-bond donors (Lipinski definition) is 1. The van der Waals surface area contributed by atoms with Crippen LogP contribution in [0.15, 0.2) is 35.3 Å². The average Bonchev–Trinajstić information content (AvgIpc) is 2.89. The number of halogens is 4. The molecule has 0 saturated carbocycles. The van der Waals surface area contributed by atoms with Crippen molar-refractivity contribution in [2.45, 2.75) is 42.7 Å². The molecule has 13 heteroatoms. The molecular formula is C19H16ClF3N2O6S. The molecule has 0 aliphatic carbocycles. The van der Waals surface area contributed by atoms with Gasteiger partial charge in [0.1, 0.15) is 11.3 Å². The van der Waals surface area contributed by atoms with Gasteiger partial charge in [0.15, 0.2) is 5.43 Å². The van der Waals surface area contributed by atoms with Crippen LogP contribution < -0.4 is 14.6 Å². The highest BCUT2D eigenvalue weighted by atomic mass is 35.5. The van der Waals surface area contributed by atoms with Crippen LogP contribution in [0, 0.1) is 0 Å². The highest BCUT2D eigenvalue weighted by Crippen LogP contribution is 2.50. The molecule has 0 amide bonds. The Kier molecular flexibility index (Phi) is 4.83. The third-order valence-corrected chi connectivity index (χ3v) is 6.89. The van der Waals surface area contributed by atoms with Gasteiger partial charge in [-0.15, -0.1) is 11.6 Å². The molecule has 172 valence electrons. The van der Waals surface area contributed by atoms with Gasteiger partial charge in [-0.1, -0.05) is 0 Å². The summed E-state index contributed by atoms with van der Waals surface area (Å²) >= 11 is 6.58. The SMILES string of the molecule is CC1(C)CC(Cl)C2c3cc(OS(=O)(=O)C(F)(F)F)ccc3-c3cc(=O)c(C(=O)O)cn3N21. The van der Waals surface area contributed by atoms with E-state index in [9.17, 15) is 36.3 Å². The van der Waals surface area contributed by atoms with Crippen molar-refractivity contribution in [2.24, 2.45) is 0 Å². The summed E-state index contributed by atoms with van der Waals surface area (Å²) in [5.41, 5.74) is -6.42. The number of hydrogen-bond acceptors (Lipinski definition) is 6. The molecule has 4 rings (SSSR count). The molecule has 0 spiro atoms. The van der Waals surface area contributed by atoms with Gasteiger partial charge in [0.05, 0.1) is 22.7 Å². The molecule has 1 N–H and O–H groups in total. The second-order valence-electron chi connectivity index (χ2n) is 8.14. The maximum absolute atomic E-state index is 12.8. The molecule has 1 fully saturated rings. The summed E-state index contributed by atoms with van der Waals surface area (Å²) in [6.45, 7) is 3.67. The fourth-order valence-electron chi connectivity index (χ4n) is 4.27. The lowest BCUT2D eigenvalue weighted by Crippen LogP contribution is -2.50. The van der Waals surface area contributed by atoms with E-state index in [0.717, 1.165) is 18.2 Å². The smallest absolute Gasteiger partial charge is 0.477 e. The van der Waals surface area contributed by atoms with Crippen molar-refractivity contribution >= 4 is 27.7 Å². The largest absolute Gasteiger partial charge is 0.534 e. The standard InChI is InChI=1S/C19H16ClF3N2O6S/c1-18(2)7-13(20)16-11-5-9(31-32(29,30)19(21,22)23)3-4-10(11)14-6-15(26)12(17(27)28)8-24(14)25(16)18/h3-6,8,13,16H,7H2,1-2H3,(H,27,28). The number of alkyl halides is 4. The van der Waals surface area contributed by atoms with E-state index in [1.165, 1.54) is 16.9 Å². The zero-order valence-electron chi connectivity index (χ0n) is 16.6. The number of carbonyl (C=O) groups is 1. The topological polar surface area (TPSA) is 106 Å². The fraction of sp³-hybridized carbons (Fsp3) is 0.368. The summed E-state index contributed by atoms with van der Waals surface area (Å²) in [7, 11) is -5.89. The molecule has 1 aromatic carbocycles. The van der Waals surface area contributed by atoms with Crippen molar-refractivity contribution < 1.29 is 35.7 Å². The lowest BCUT2D eigenvalue weighted by molar-refractivity contribution is -0.0500. The number of carboxylic acids is 1. The number of benzene rings is 1. The number of pyridine rings is 1. The van der Waals surface area contributed by atoms with Crippen molar-refractivity contribution in [1.82, 2.24) is 4.68 Å². The Balaban J connectivity index is 1.95. The van der Waals surface area contributed by atoms with Gasteiger partial charge < -0.3 is 9.29 Å². The summed E-state index contributed by atoms with van der Waals surface area (Å²) in [5.74, 6) is -1.97. The van der Waals surface area contributed by atoms with Crippen molar-refractivity contribution in [2.75, 3.05) is 5.01 Å². The van der Waals surface area contributed by atoms with Crippen molar-refractivity contribution in [3.05, 3.63) is 51.8 Å². The maximum atomic E-state index is 12.8. The molecule has 8 nitrogen and oxygen atoms in total. The summed E-state index contributed by atoms with van der Waals surface area (Å²) in [4.78, 5) is 23.9. The van der Waals surface area contributed by atoms with Gasteiger partial charge in [0.25, 0.3) is 0 Å². The van der Waals surface area contributed by atoms with Gasteiger partial charge in [0, 0.05) is 17.8 Å². The highest BCUT2D eigenvalue weighted by Gasteiger charge is 2.51. The lowest BCUT2D eigenvalue weighted by Gasteiger charge is -2.44. The van der Waals surface area contributed by atoms with Crippen molar-refractivity contribution in [3.8, 4) is 17.0 Å². The Morgan fingerprint density at radius 2 is 1.94 bits per heavy atom. The zero-order valence-corrected chi connectivity index (χ0v) is 18.1. The van der Waals surface area contributed by atoms with Crippen molar-refractivity contribution in [1.29, 1.82) is 0 Å². The third-order valence-electron chi connectivity index (χ3n) is 5.52. The van der Waals surface area contributed by atoms with E-state index in [4.69, 9.17) is 11.6 Å². The predicted octanol–water partition coefficient (Wildman–Crippen LogP) is 3.22. The van der Waals surface area contributed by atoms with Crippen LogP contribution in [0.2, 0.25) is 0 Å². The van der Waals surface area contributed by atoms with Crippen molar-refractivity contribution in [3.63, 3.8) is 0 Å². The Labute approximate surface area is 184 Å². The van der Waals surface area contributed by atoms with Crippen LogP contribution in [0.1, 0.15) is 42.2 Å². The first-order valence-corrected chi connectivity index (χ1v) is 11.1. The lowest BCUT2D eigenvalue weighted by atomic mass is 9.94. The molecule has 2 aliphatic rings. The Morgan fingerprint density at radius 1 is 1.28 bits per heavy atom. The first kappa shape index (κ1) is 22.5. The average molecular weight is 493 g/mol. The fourth-order valence-corrected chi connectivity index (χ4v) is 5.34. The summed E-state index contributed by atoms with van der Waals surface area (Å²) in [6, 6.07) is 3.95. The number of aromatic carboxylic acids is 1. The second-order valence-corrected chi connectivity index (χ2v) is 10.2. The van der Waals surface area contributed by atoms with E-state index in [0.29, 0.717) is 17.5 Å². The van der Waals surface area contributed by atoms with E-state index in [2.05, 4.69) is 4.18 Å². The zero-order chi connectivity index (χ0) is 23.8. The van der Waals surface area contributed by atoms with Crippen LogP contribution >= 0.6 is 11.6 Å². The Hall–Kier alpha value is -2.73. The number of fused-ring (bicyclic) bond motifs is 6. The number of aromatic nitrogens is 1. The molecule has 2 aliphatic heterocycles. The molecule has 2 unspecified atom stereocenters. The minimum Gasteiger partial charge on any atom is -0.477 e. The van der Waals surface area contributed by atoms with Gasteiger partial charge >= 0.3 is 21.6 Å². The van der Waals surface area contributed by atoms with Gasteiger partial charge in [-0.05, 0) is 44.0 Å². The number of nitrogens with zero attached hydrogens (tertiary/aromatic N) is 2. The first-order valence-electron chi connectivity index (χ1n) is 9.23. The Bertz CT molecular complexity index is 1310. The first-order chi connectivity index (χ1) is 14.6. The normalized spacial score (nSPS) is 21.5. The Morgan fingerprint density at radius 3 is 2.53 bits per heavy atom. The minimum atomic E-state index is -5.89. The van der Waals surface area contributed by atoms with Crippen LogP contribution in [0.3, 0.4) is 0 Å². The van der Waals surface area contributed by atoms with Crippen LogP contribution in [-0.4, -0.2) is 40.6 Å². The third kappa shape index (κ3) is 3.32. The molecule has 0 bridgehead atoms. The number of carboxylic acid groups (broad SMARTS) is 1. The summed E-state index contributed by atoms with van der Waals surface area (Å²) < 4.78 is 66.9. The monoisotopic (exact) mass is 492 g/mol. The highest BCUT2D eigenvalue weighted by molar-refractivity contribution is 7.88. The molecule has 0 radical (unpaired) electrons. The molecule has 32 heavy (non-hydrogen) atoms. The second kappa shape index (κ2) is 6.88. The van der Waals surface area contributed by atoms with E-state index >= 15 is 0 Å². The summed E-state index contributed by atoms with van der Waals surface area (Å²) in [5, 5.41) is 10.5. The molecular weight excluding hydrogens is 477 g/mol. The molecule has 1 saturated heterocycles. The van der Waals surface area contributed by atoms with E-state index in [1.54, 1.807) is 5.01 Å². The minimum absolute atomic E-state index is 0.287. The van der Waals surface area contributed by atoms with Gasteiger partial charge in [-0.3, -0.25) is 14.5 Å². The molecule has 2 aromatic rings. The van der Waals surface area contributed by atoms with E-state index < -0.39 is 55.3 Å². The van der Waals surface area contributed by atoms with Crippen LogP contribution in [-0.2, 0) is 10.1 Å². The molecule has 3 heterocycles. The number of rotatable bonds is 3. The van der Waals surface area contributed by atoms with Gasteiger partial charge in [-0.2, -0.15) is 21.6 Å². The van der Waals surface area contributed by atoms with E-state index in [1.807, 2.05) is 13.8 Å². The predicted molar refractivity (Wildman–Crippen MR) is 108 cm³/mol. The van der Waals surface area contributed by atoms with Crippen LogP contribution in [0.4, 0.5) is 13.2 Å². The summed E-state index contributed by atoms with van der Waals surface area (Å²) in [6.07, 6.45) is 1.60. The maximum Gasteiger partial charge on any atom is 0.534 e. The van der Waals surface area contributed by atoms with Gasteiger partial charge in [0.2, 0.25) is 0 Å². The molecule has 2 atom stereocenters. The molecule has 1 aromatic heterocycles.